The molecule has 1 aromatic heterocycles. The zero-order valence-electron chi connectivity index (χ0n) is 14.6. The molecule has 0 fully saturated rings. The lowest BCUT2D eigenvalue weighted by atomic mass is 10.2. The molecule has 0 saturated carbocycles. The van der Waals surface area contributed by atoms with Crippen LogP contribution in [0.15, 0.2) is 42.6 Å². The predicted octanol–water partition coefficient (Wildman–Crippen LogP) is 2.98. The number of rotatable bonds is 8. The molecular formula is C18H19N3O5. The summed E-state index contributed by atoms with van der Waals surface area (Å²) < 4.78 is 11.2. The van der Waals surface area contributed by atoms with Crippen LogP contribution >= 0.6 is 0 Å². The summed E-state index contributed by atoms with van der Waals surface area (Å²) in [6, 6.07) is 7.26. The molecule has 0 aliphatic heterocycles. The number of nitrogens with one attached hydrogen (secondary N) is 1. The van der Waals surface area contributed by atoms with Gasteiger partial charge in [0.15, 0.2) is 23.1 Å². The minimum Gasteiger partial charge on any atom is -0.493 e. The van der Waals surface area contributed by atoms with Crippen LogP contribution in [0.5, 0.6) is 17.2 Å². The normalized spacial score (nSPS) is 11.5. The van der Waals surface area contributed by atoms with Crippen LogP contribution in [0.4, 0.5) is 0 Å². The number of aldehydes is 1. The number of ether oxygens (including phenoxy) is 2. The molecule has 26 heavy (non-hydrogen) atoms. The van der Waals surface area contributed by atoms with Gasteiger partial charge in [-0.05, 0) is 38.1 Å². The fourth-order valence-electron chi connectivity index (χ4n) is 2.23. The zero-order chi connectivity index (χ0) is 18.9. The van der Waals surface area contributed by atoms with Crippen molar-refractivity contribution < 1.29 is 24.5 Å². The van der Waals surface area contributed by atoms with Crippen molar-refractivity contribution in [1.82, 2.24) is 15.4 Å². The van der Waals surface area contributed by atoms with Crippen LogP contribution < -0.4 is 15.0 Å². The lowest BCUT2D eigenvalue weighted by molar-refractivity contribution is -0.279. The summed E-state index contributed by atoms with van der Waals surface area (Å²) in [6.07, 6.45) is 4.69. The second-order valence-corrected chi connectivity index (χ2v) is 5.10. The fourth-order valence-corrected chi connectivity index (χ4v) is 2.23. The number of aromatic nitrogens is 2. The van der Waals surface area contributed by atoms with E-state index in [2.05, 4.69) is 20.4 Å². The Hall–Kier alpha value is -3.23. The molecule has 2 rings (SSSR count). The maximum absolute atomic E-state index is 10.9. The number of para-hydroxylation sites is 2. The van der Waals surface area contributed by atoms with Crippen molar-refractivity contribution in [3.63, 3.8) is 0 Å². The van der Waals surface area contributed by atoms with E-state index in [0.717, 1.165) is 0 Å². The van der Waals surface area contributed by atoms with Crippen LogP contribution in [0.3, 0.4) is 0 Å². The summed E-state index contributed by atoms with van der Waals surface area (Å²) in [7, 11) is 1.56. The van der Waals surface area contributed by atoms with Crippen LogP contribution in [0.25, 0.3) is 5.57 Å². The molecule has 1 aromatic carbocycles. The first-order chi connectivity index (χ1) is 12.6. The van der Waals surface area contributed by atoms with E-state index in [1.54, 1.807) is 33.1 Å². The van der Waals surface area contributed by atoms with Gasteiger partial charge in [-0.15, -0.1) is 4.99 Å². The maximum atomic E-state index is 10.9. The molecule has 2 aromatic rings. The number of carbonyl (C=O) groups excluding carboxylic acids is 1. The van der Waals surface area contributed by atoms with Gasteiger partial charge in [-0.25, -0.2) is 20.7 Å². The Balaban J connectivity index is 2.38. The van der Waals surface area contributed by atoms with Gasteiger partial charge in [0.1, 0.15) is 6.29 Å². The van der Waals surface area contributed by atoms with Gasteiger partial charge in [0, 0.05) is 11.8 Å². The summed E-state index contributed by atoms with van der Waals surface area (Å²) >= 11 is 0. The van der Waals surface area contributed by atoms with Crippen molar-refractivity contribution in [3.8, 4) is 17.2 Å². The molecule has 8 heteroatoms. The molecule has 0 unspecified atom stereocenters. The van der Waals surface area contributed by atoms with Gasteiger partial charge in [-0.1, -0.05) is 12.1 Å². The third kappa shape index (κ3) is 4.65. The predicted molar refractivity (Wildman–Crippen MR) is 94.6 cm³/mol. The number of hydrogen-bond donors (Lipinski definition) is 2. The second kappa shape index (κ2) is 9.30. The van der Waals surface area contributed by atoms with E-state index in [4.69, 9.17) is 14.7 Å². The number of nitrogens with zero attached hydrogens (tertiary/aromatic N) is 2. The number of methoxy groups -OCH3 is 1. The van der Waals surface area contributed by atoms with Gasteiger partial charge in [0.05, 0.1) is 18.5 Å². The van der Waals surface area contributed by atoms with E-state index >= 15 is 0 Å². The Bertz CT molecular complexity index is 810. The molecule has 0 spiro atoms. The van der Waals surface area contributed by atoms with Crippen LogP contribution in [0, 0.1) is 13.8 Å². The summed E-state index contributed by atoms with van der Waals surface area (Å²) in [6.45, 7) is 3.56. The largest absolute Gasteiger partial charge is 0.493 e. The van der Waals surface area contributed by atoms with Crippen LogP contribution in [-0.2, 0) is 9.78 Å². The first-order valence-electron chi connectivity index (χ1n) is 7.65. The molecule has 0 radical (unpaired) electrons. The molecule has 0 saturated heterocycles. The number of aryl methyl sites for hydroxylation is 2. The Morgan fingerprint density at radius 3 is 2.38 bits per heavy atom. The van der Waals surface area contributed by atoms with Crippen molar-refractivity contribution in [2.45, 2.75) is 13.8 Å². The van der Waals surface area contributed by atoms with Gasteiger partial charge in [0.2, 0.25) is 0 Å². The molecule has 2 N–H and O–H groups in total. The summed E-state index contributed by atoms with van der Waals surface area (Å²) in [5, 5.41) is 8.28. The van der Waals surface area contributed by atoms with Crippen molar-refractivity contribution >= 4 is 11.9 Å². The first kappa shape index (κ1) is 19.1. The topological polar surface area (TPSA) is 103 Å². The number of allylic oxidation sites excluding steroid dienone is 3. The van der Waals surface area contributed by atoms with E-state index in [9.17, 15) is 4.79 Å². The quantitative estimate of drug-likeness (QED) is 0.244. The van der Waals surface area contributed by atoms with Crippen LogP contribution in [0.2, 0.25) is 0 Å². The van der Waals surface area contributed by atoms with Crippen LogP contribution in [0.1, 0.15) is 17.2 Å². The number of benzene rings is 1. The summed E-state index contributed by atoms with van der Waals surface area (Å²) in [5.74, 6) is 1.97. The zero-order valence-corrected chi connectivity index (χ0v) is 14.6. The van der Waals surface area contributed by atoms with Gasteiger partial charge in [-0.3, -0.25) is 4.79 Å². The third-order valence-corrected chi connectivity index (χ3v) is 3.37. The van der Waals surface area contributed by atoms with E-state index in [1.807, 2.05) is 12.1 Å². The standard InChI is InChI=1S/C18H19N3O5/c1-12-17(25-16-7-5-4-6-15(16)24-3)13(2)21-18(20-12)14(9-11-22)8-10-19-26-23/h4-11,19,23H,1-3H3/b10-8-,14-9+. The van der Waals surface area contributed by atoms with E-state index in [-0.39, 0.29) is 0 Å². The van der Waals surface area contributed by atoms with Crippen LogP contribution in [-0.4, -0.2) is 28.6 Å². The molecule has 136 valence electrons. The number of hydrogen-bond acceptors (Lipinski definition) is 8. The Labute approximate surface area is 150 Å². The molecule has 0 bridgehead atoms. The Morgan fingerprint density at radius 2 is 1.81 bits per heavy atom. The molecule has 0 amide bonds. The highest BCUT2D eigenvalue weighted by Gasteiger charge is 2.14. The Morgan fingerprint density at radius 1 is 1.15 bits per heavy atom. The fraction of sp³-hybridized carbons (Fsp3) is 0.167. The minimum absolute atomic E-state index is 0.329. The molecule has 1 heterocycles. The van der Waals surface area contributed by atoms with Crippen molar-refractivity contribution in [1.29, 1.82) is 0 Å². The van der Waals surface area contributed by atoms with Gasteiger partial charge >= 0.3 is 0 Å². The maximum Gasteiger partial charge on any atom is 0.170 e. The number of carbonyl (C=O) groups is 1. The highest BCUT2D eigenvalue weighted by Crippen LogP contribution is 2.33. The molecule has 0 aliphatic rings. The van der Waals surface area contributed by atoms with E-state index in [0.29, 0.717) is 46.3 Å². The lowest BCUT2D eigenvalue weighted by Gasteiger charge is -2.14. The Kier molecular flexibility index (Phi) is 6.84. The van der Waals surface area contributed by atoms with Crippen molar-refractivity contribution in [2.75, 3.05) is 7.11 Å². The monoisotopic (exact) mass is 357 g/mol. The average molecular weight is 357 g/mol. The highest BCUT2D eigenvalue weighted by molar-refractivity contribution is 5.84. The molecular weight excluding hydrogens is 338 g/mol. The van der Waals surface area contributed by atoms with Crippen molar-refractivity contribution in [3.05, 3.63) is 59.8 Å². The second-order valence-electron chi connectivity index (χ2n) is 5.10. The average Bonchev–Trinajstić information content (AvgIpc) is 2.64. The minimum atomic E-state index is 0.329. The van der Waals surface area contributed by atoms with Gasteiger partial charge < -0.3 is 9.47 Å². The van der Waals surface area contributed by atoms with Gasteiger partial charge in [0.25, 0.3) is 0 Å². The summed E-state index contributed by atoms with van der Waals surface area (Å²) in [4.78, 5) is 23.4. The molecule has 0 aliphatic carbocycles. The highest BCUT2D eigenvalue weighted by atomic mass is 17.2. The number of hydroxylamine groups is 1. The lowest BCUT2D eigenvalue weighted by Crippen LogP contribution is -2.04. The van der Waals surface area contributed by atoms with E-state index in [1.165, 1.54) is 18.4 Å². The van der Waals surface area contributed by atoms with Crippen molar-refractivity contribution in [2.24, 2.45) is 0 Å². The van der Waals surface area contributed by atoms with E-state index < -0.39 is 0 Å². The van der Waals surface area contributed by atoms with Gasteiger partial charge in [-0.2, -0.15) is 0 Å². The SMILES string of the molecule is COc1ccccc1Oc1c(C)nc(C(/C=C\NOO)=C/C=O)nc1C. The third-order valence-electron chi connectivity index (χ3n) is 3.37. The smallest absolute Gasteiger partial charge is 0.170 e. The first-order valence-corrected chi connectivity index (χ1v) is 7.65. The summed E-state index contributed by atoms with van der Waals surface area (Å²) in [5.41, 5.74) is 3.73. The molecule has 8 nitrogen and oxygen atoms in total. The molecule has 0 atom stereocenters.